The first-order valence-corrected chi connectivity index (χ1v) is 10.9. The third-order valence-corrected chi connectivity index (χ3v) is 6.85. The number of pyridine rings is 1. The molecule has 1 saturated carbocycles. The summed E-state index contributed by atoms with van der Waals surface area (Å²) in [6.07, 6.45) is 4.92. The zero-order chi connectivity index (χ0) is 22.0. The van der Waals surface area contributed by atoms with Crippen molar-refractivity contribution in [2.45, 2.75) is 68.7 Å². The zero-order valence-corrected chi connectivity index (χ0v) is 17.5. The Morgan fingerprint density at radius 1 is 1.03 bits per heavy atom. The van der Waals surface area contributed by atoms with E-state index in [1.165, 1.54) is 31.2 Å². The maximum Gasteiger partial charge on any atom is 0.417 e. The van der Waals surface area contributed by atoms with Gasteiger partial charge in [-0.2, -0.15) is 13.2 Å². The highest BCUT2D eigenvalue weighted by molar-refractivity contribution is 5.28. The molecule has 1 spiro atoms. The molecular weight excluding hydrogens is 408 g/mol. The van der Waals surface area contributed by atoms with E-state index in [9.17, 15) is 17.6 Å². The summed E-state index contributed by atoms with van der Waals surface area (Å²) in [6.45, 7) is 1.64. The molecular formula is C24H28F4N2O. The van der Waals surface area contributed by atoms with Crippen LogP contribution < -0.4 is 5.32 Å². The van der Waals surface area contributed by atoms with Crippen LogP contribution in [0.4, 0.5) is 17.6 Å². The topological polar surface area (TPSA) is 34.2 Å². The Labute approximate surface area is 180 Å². The van der Waals surface area contributed by atoms with E-state index in [-0.39, 0.29) is 16.8 Å². The van der Waals surface area contributed by atoms with Crippen molar-refractivity contribution in [2.75, 3.05) is 13.2 Å². The molecule has 168 valence electrons. The number of aromatic nitrogens is 1. The van der Waals surface area contributed by atoms with E-state index in [2.05, 4.69) is 10.3 Å². The lowest BCUT2D eigenvalue weighted by atomic mass is 9.66. The highest BCUT2D eigenvalue weighted by Crippen LogP contribution is 2.50. The Hall–Kier alpha value is -1.99. The van der Waals surface area contributed by atoms with Crippen LogP contribution in [-0.2, 0) is 22.9 Å². The summed E-state index contributed by atoms with van der Waals surface area (Å²) in [4.78, 5) is 3.73. The normalized spacial score (nSPS) is 23.4. The van der Waals surface area contributed by atoms with E-state index in [0.29, 0.717) is 25.3 Å². The molecule has 0 unspecified atom stereocenters. The summed E-state index contributed by atoms with van der Waals surface area (Å²) in [5.41, 5.74) is 0.658. The summed E-state index contributed by atoms with van der Waals surface area (Å²) in [5.74, 6) is -0.253. The molecule has 1 aromatic carbocycles. The van der Waals surface area contributed by atoms with Gasteiger partial charge in [-0.05, 0) is 68.0 Å². The minimum atomic E-state index is -4.40. The Bertz CT molecular complexity index is 878. The first-order chi connectivity index (χ1) is 14.8. The molecule has 1 aliphatic heterocycles. The highest BCUT2D eigenvalue weighted by atomic mass is 19.4. The quantitative estimate of drug-likeness (QED) is 0.460. The second-order valence-electron chi connectivity index (χ2n) is 8.96. The summed E-state index contributed by atoms with van der Waals surface area (Å²) in [7, 11) is 0. The molecule has 1 saturated heterocycles. The number of nitrogens with one attached hydrogen (secondary N) is 1. The highest BCUT2D eigenvalue weighted by Gasteiger charge is 2.47. The van der Waals surface area contributed by atoms with Crippen molar-refractivity contribution in [1.29, 1.82) is 0 Å². The van der Waals surface area contributed by atoms with Gasteiger partial charge in [-0.1, -0.05) is 25.0 Å². The number of rotatable bonds is 6. The van der Waals surface area contributed by atoms with Crippen molar-refractivity contribution >= 4 is 0 Å². The third kappa shape index (κ3) is 5.09. The van der Waals surface area contributed by atoms with Crippen LogP contribution in [0.3, 0.4) is 0 Å². The standard InChI is InChI=1S/C24H28F4N2O/c25-21-5-3-19(4-6-21)22(10-12-31-23(17-22)7-1-2-8-23)9-11-29-14-18-13-20(16-30-15-18)24(26,27)28/h3-6,13,15-16,29H,1-2,7-12,14,17H2/t22-/m1/s1. The van der Waals surface area contributed by atoms with Gasteiger partial charge in [0.2, 0.25) is 0 Å². The first-order valence-electron chi connectivity index (χ1n) is 10.9. The number of halogens is 4. The number of hydrogen-bond acceptors (Lipinski definition) is 3. The van der Waals surface area contributed by atoms with Crippen molar-refractivity contribution < 1.29 is 22.3 Å². The first kappa shape index (κ1) is 22.2. The van der Waals surface area contributed by atoms with E-state index < -0.39 is 11.7 Å². The van der Waals surface area contributed by atoms with Gasteiger partial charge in [0.25, 0.3) is 0 Å². The summed E-state index contributed by atoms with van der Waals surface area (Å²) in [5, 5.41) is 3.29. The zero-order valence-electron chi connectivity index (χ0n) is 17.5. The molecule has 4 rings (SSSR count). The van der Waals surface area contributed by atoms with Crippen LogP contribution in [0, 0.1) is 5.82 Å². The Morgan fingerprint density at radius 2 is 1.77 bits per heavy atom. The monoisotopic (exact) mass is 436 g/mol. The third-order valence-electron chi connectivity index (χ3n) is 6.85. The number of ether oxygens (including phenoxy) is 1. The van der Waals surface area contributed by atoms with E-state index in [1.54, 1.807) is 0 Å². The molecule has 31 heavy (non-hydrogen) atoms. The van der Waals surface area contributed by atoms with Gasteiger partial charge in [0.05, 0.1) is 11.2 Å². The molecule has 0 bridgehead atoms. The number of benzene rings is 1. The predicted molar refractivity (Wildman–Crippen MR) is 110 cm³/mol. The van der Waals surface area contributed by atoms with Gasteiger partial charge in [0, 0.05) is 31.0 Å². The van der Waals surface area contributed by atoms with E-state index in [0.717, 1.165) is 49.9 Å². The van der Waals surface area contributed by atoms with Gasteiger partial charge in [-0.15, -0.1) is 0 Å². The molecule has 2 aliphatic rings. The van der Waals surface area contributed by atoms with Crippen LogP contribution in [0.1, 0.15) is 61.6 Å². The van der Waals surface area contributed by atoms with Crippen LogP contribution >= 0.6 is 0 Å². The molecule has 1 N–H and O–H groups in total. The van der Waals surface area contributed by atoms with Crippen molar-refractivity contribution in [1.82, 2.24) is 10.3 Å². The fraction of sp³-hybridized carbons (Fsp3) is 0.542. The second-order valence-corrected chi connectivity index (χ2v) is 8.96. The Balaban J connectivity index is 1.45. The van der Waals surface area contributed by atoms with Crippen molar-refractivity contribution in [2.24, 2.45) is 0 Å². The molecule has 3 nitrogen and oxygen atoms in total. The Morgan fingerprint density at radius 3 is 2.48 bits per heavy atom. The summed E-state index contributed by atoms with van der Waals surface area (Å²) >= 11 is 0. The largest absolute Gasteiger partial charge is 0.417 e. The molecule has 2 aromatic rings. The maximum absolute atomic E-state index is 13.6. The number of alkyl halides is 3. The van der Waals surface area contributed by atoms with E-state index in [4.69, 9.17) is 4.74 Å². The van der Waals surface area contributed by atoms with Crippen LogP contribution in [-0.4, -0.2) is 23.7 Å². The minimum absolute atomic E-state index is 0.0996. The van der Waals surface area contributed by atoms with Gasteiger partial charge in [0.1, 0.15) is 5.82 Å². The molecule has 0 amide bonds. The van der Waals surface area contributed by atoms with Gasteiger partial charge in [0.15, 0.2) is 0 Å². The van der Waals surface area contributed by atoms with Gasteiger partial charge < -0.3 is 10.1 Å². The number of nitrogens with zero attached hydrogens (tertiary/aromatic N) is 1. The van der Waals surface area contributed by atoms with Gasteiger partial charge in [-0.3, -0.25) is 4.98 Å². The lowest BCUT2D eigenvalue weighted by Crippen LogP contribution is -2.47. The van der Waals surface area contributed by atoms with Gasteiger partial charge in [-0.25, -0.2) is 4.39 Å². The molecule has 7 heteroatoms. The lowest BCUT2D eigenvalue weighted by molar-refractivity contribution is -0.137. The molecule has 1 aliphatic carbocycles. The SMILES string of the molecule is Fc1ccc([C@]2(CCNCc3cncc(C(F)(F)F)c3)CCOC3(CCCC3)C2)cc1. The van der Waals surface area contributed by atoms with E-state index >= 15 is 0 Å². The van der Waals surface area contributed by atoms with Crippen molar-refractivity contribution in [3.05, 3.63) is 65.2 Å². The average Bonchev–Trinajstić information content (AvgIpc) is 3.18. The molecule has 1 atom stereocenters. The molecule has 1 aromatic heterocycles. The van der Waals surface area contributed by atoms with Crippen LogP contribution in [0.5, 0.6) is 0 Å². The van der Waals surface area contributed by atoms with Crippen molar-refractivity contribution in [3.8, 4) is 0 Å². The van der Waals surface area contributed by atoms with Crippen LogP contribution in [0.2, 0.25) is 0 Å². The van der Waals surface area contributed by atoms with E-state index in [1.807, 2.05) is 12.1 Å². The second kappa shape index (κ2) is 8.87. The fourth-order valence-electron chi connectivity index (χ4n) is 5.27. The smallest absolute Gasteiger partial charge is 0.375 e. The lowest BCUT2D eigenvalue weighted by Gasteiger charge is -2.47. The van der Waals surface area contributed by atoms with Crippen LogP contribution in [0.25, 0.3) is 0 Å². The number of hydrogen-bond donors (Lipinski definition) is 1. The van der Waals surface area contributed by atoms with Crippen LogP contribution in [0.15, 0.2) is 42.7 Å². The Kier molecular flexibility index (Phi) is 6.35. The summed E-state index contributed by atoms with van der Waals surface area (Å²) in [6, 6.07) is 7.91. The molecule has 2 fully saturated rings. The van der Waals surface area contributed by atoms with Crippen molar-refractivity contribution in [3.63, 3.8) is 0 Å². The molecule has 2 heterocycles. The fourth-order valence-corrected chi connectivity index (χ4v) is 5.27. The summed E-state index contributed by atoms with van der Waals surface area (Å²) < 4.78 is 58.5. The maximum atomic E-state index is 13.6. The average molecular weight is 436 g/mol. The predicted octanol–water partition coefficient (Wildman–Crippen LogP) is 5.78. The molecule has 0 radical (unpaired) electrons. The minimum Gasteiger partial charge on any atom is -0.375 e. The van der Waals surface area contributed by atoms with Gasteiger partial charge >= 0.3 is 6.18 Å².